The molecular weight excluding hydrogens is 298 g/mol. The quantitative estimate of drug-likeness (QED) is 0.800. The van der Waals surface area contributed by atoms with Crippen LogP contribution >= 0.6 is 11.3 Å². The molecule has 0 unspecified atom stereocenters. The van der Waals surface area contributed by atoms with Crippen molar-refractivity contribution in [2.45, 2.75) is 32.9 Å². The van der Waals surface area contributed by atoms with E-state index in [1.165, 1.54) is 0 Å². The van der Waals surface area contributed by atoms with Crippen molar-refractivity contribution in [2.75, 3.05) is 12.4 Å². The molecule has 0 aliphatic heterocycles. The number of hydrogen-bond donors (Lipinski definition) is 1. The van der Waals surface area contributed by atoms with Gasteiger partial charge in [-0.25, -0.2) is 14.6 Å². The number of aromatic nitrogens is 4. The van der Waals surface area contributed by atoms with Gasteiger partial charge in [0.25, 0.3) is 0 Å². The second kappa shape index (κ2) is 5.57. The van der Waals surface area contributed by atoms with Crippen molar-refractivity contribution in [3.8, 4) is 5.75 Å². The van der Waals surface area contributed by atoms with E-state index in [1.54, 1.807) is 24.8 Å². The average molecular weight is 317 g/mol. The maximum atomic E-state index is 5.24. The fraction of sp³-hybridized carbons (Fsp3) is 0.400. The first kappa shape index (κ1) is 14.8. The number of hydrogen-bond acceptors (Lipinski definition) is 6. The van der Waals surface area contributed by atoms with E-state index in [9.17, 15) is 0 Å². The van der Waals surface area contributed by atoms with Gasteiger partial charge in [-0.05, 0) is 39.0 Å². The van der Waals surface area contributed by atoms with Gasteiger partial charge >= 0.3 is 0 Å². The summed E-state index contributed by atoms with van der Waals surface area (Å²) in [4.78, 5) is 8.87. The van der Waals surface area contributed by atoms with E-state index in [2.05, 4.69) is 41.2 Å². The Balaban J connectivity index is 1.72. The minimum absolute atomic E-state index is 0.0701. The van der Waals surface area contributed by atoms with Gasteiger partial charge in [0.05, 0.1) is 29.4 Å². The molecule has 0 bridgehead atoms. The van der Waals surface area contributed by atoms with Gasteiger partial charge < -0.3 is 10.1 Å². The van der Waals surface area contributed by atoms with Crippen LogP contribution in [0.1, 0.15) is 25.8 Å². The van der Waals surface area contributed by atoms with Crippen LogP contribution in [0.5, 0.6) is 5.75 Å². The Morgan fingerprint density at radius 1 is 1.32 bits per heavy atom. The van der Waals surface area contributed by atoms with E-state index in [-0.39, 0.29) is 5.54 Å². The second-order valence-electron chi connectivity index (χ2n) is 5.98. The molecule has 7 heteroatoms. The Morgan fingerprint density at radius 2 is 2.14 bits per heavy atom. The van der Waals surface area contributed by atoms with Crippen LogP contribution in [-0.4, -0.2) is 26.9 Å². The number of benzene rings is 1. The summed E-state index contributed by atoms with van der Waals surface area (Å²) in [6.07, 6.45) is 1.74. The maximum absolute atomic E-state index is 5.24. The van der Waals surface area contributed by atoms with E-state index >= 15 is 0 Å². The predicted molar refractivity (Wildman–Crippen MR) is 88.5 cm³/mol. The largest absolute Gasteiger partial charge is 0.497 e. The molecule has 3 aromatic rings. The molecule has 2 heterocycles. The van der Waals surface area contributed by atoms with Crippen LogP contribution in [0.25, 0.3) is 10.2 Å². The average Bonchev–Trinajstić information content (AvgIpc) is 3.10. The highest BCUT2D eigenvalue weighted by Crippen LogP contribution is 2.26. The number of methoxy groups -OCH3 is 1. The van der Waals surface area contributed by atoms with Gasteiger partial charge in [0, 0.05) is 0 Å². The molecule has 0 aliphatic carbocycles. The van der Waals surface area contributed by atoms with Gasteiger partial charge in [0.15, 0.2) is 0 Å². The van der Waals surface area contributed by atoms with E-state index in [0.29, 0.717) is 12.5 Å². The molecule has 0 radical (unpaired) electrons. The van der Waals surface area contributed by atoms with Crippen molar-refractivity contribution in [3.63, 3.8) is 0 Å². The van der Waals surface area contributed by atoms with Gasteiger partial charge in [0.1, 0.15) is 17.1 Å². The summed E-state index contributed by atoms with van der Waals surface area (Å²) in [6.45, 7) is 6.88. The first-order chi connectivity index (χ1) is 10.5. The molecule has 2 aromatic heterocycles. The molecule has 3 rings (SSSR count). The van der Waals surface area contributed by atoms with Crippen LogP contribution in [0.3, 0.4) is 0 Å². The highest BCUT2D eigenvalue weighted by atomic mass is 32.1. The monoisotopic (exact) mass is 317 g/mol. The predicted octanol–water partition coefficient (Wildman–Crippen LogP) is 3.26. The highest BCUT2D eigenvalue weighted by Gasteiger charge is 2.15. The Morgan fingerprint density at radius 3 is 2.82 bits per heavy atom. The van der Waals surface area contributed by atoms with Crippen molar-refractivity contribution in [1.29, 1.82) is 0 Å². The van der Waals surface area contributed by atoms with Gasteiger partial charge in [0.2, 0.25) is 5.95 Å². The topological polar surface area (TPSA) is 64.9 Å². The molecule has 0 saturated heterocycles. The standard InChI is InChI=1S/C15H19N5OS/c1-15(2,3)20-9-17-14(19-20)16-8-13-18-11-6-5-10(21-4)7-12(11)22-13/h5-7,9H,8H2,1-4H3,(H,16,19). The lowest BCUT2D eigenvalue weighted by molar-refractivity contribution is 0.355. The Hall–Kier alpha value is -2.15. The molecular formula is C15H19N5OS. The first-order valence-corrected chi connectivity index (χ1v) is 7.87. The molecule has 0 spiro atoms. The molecule has 0 saturated carbocycles. The van der Waals surface area contributed by atoms with Crippen LogP contribution in [0.4, 0.5) is 5.95 Å². The van der Waals surface area contributed by atoms with Gasteiger partial charge in [-0.2, -0.15) is 0 Å². The maximum Gasteiger partial charge on any atom is 0.242 e. The number of rotatable bonds is 4. The summed E-state index contributed by atoms with van der Waals surface area (Å²) in [6, 6.07) is 5.90. The minimum Gasteiger partial charge on any atom is -0.497 e. The summed E-state index contributed by atoms with van der Waals surface area (Å²) in [5.74, 6) is 1.47. The number of nitrogens with zero attached hydrogens (tertiary/aromatic N) is 4. The summed E-state index contributed by atoms with van der Waals surface area (Å²) in [5.41, 5.74) is 0.912. The molecule has 0 amide bonds. The van der Waals surface area contributed by atoms with E-state index < -0.39 is 0 Å². The molecule has 0 atom stereocenters. The third-order valence-electron chi connectivity index (χ3n) is 3.22. The zero-order chi connectivity index (χ0) is 15.7. The van der Waals surface area contributed by atoms with Crippen LogP contribution in [0.15, 0.2) is 24.5 Å². The van der Waals surface area contributed by atoms with Crippen molar-refractivity contribution in [3.05, 3.63) is 29.5 Å². The fourth-order valence-corrected chi connectivity index (χ4v) is 2.91. The van der Waals surface area contributed by atoms with Crippen molar-refractivity contribution < 1.29 is 4.74 Å². The number of nitrogens with one attached hydrogen (secondary N) is 1. The normalized spacial score (nSPS) is 11.8. The fourth-order valence-electron chi connectivity index (χ4n) is 1.98. The second-order valence-corrected chi connectivity index (χ2v) is 7.09. The number of fused-ring (bicyclic) bond motifs is 1. The third-order valence-corrected chi connectivity index (χ3v) is 4.23. The van der Waals surface area contributed by atoms with Crippen molar-refractivity contribution >= 4 is 27.5 Å². The lowest BCUT2D eigenvalue weighted by Gasteiger charge is -2.17. The molecule has 1 aromatic carbocycles. The van der Waals surface area contributed by atoms with Gasteiger partial charge in [-0.3, -0.25) is 0 Å². The Labute approximate surface area is 133 Å². The third kappa shape index (κ3) is 3.04. The molecule has 1 N–H and O–H groups in total. The number of ether oxygens (including phenoxy) is 1. The molecule has 0 fully saturated rings. The number of thiazole rings is 1. The molecule has 116 valence electrons. The lowest BCUT2D eigenvalue weighted by atomic mass is 10.1. The van der Waals surface area contributed by atoms with Gasteiger partial charge in [-0.1, -0.05) is 0 Å². The highest BCUT2D eigenvalue weighted by molar-refractivity contribution is 7.18. The Bertz CT molecular complexity index is 787. The van der Waals surface area contributed by atoms with Crippen LogP contribution in [0, 0.1) is 0 Å². The summed E-state index contributed by atoms with van der Waals surface area (Å²) >= 11 is 1.64. The van der Waals surface area contributed by atoms with Crippen molar-refractivity contribution in [2.24, 2.45) is 0 Å². The van der Waals surface area contributed by atoms with Crippen LogP contribution < -0.4 is 10.1 Å². The van der Waals surface area contributed by atoms with Gasteiger partial charge in [-0.15, -0.1) is 16.4 Å². The van der Waals surface area contributed by atoms with Crippen molar-refractivity contribution in [1.82, 2.24) is 19.7 Å². The van der Waals surface area contributed by atoms with Crippen LogP contribution in [-0.2, 0) is 12.1 Å². The van der Waals surface area contributed by atoms with E-state index in [0.717, 1.165) is 21.0 Å². The molecule has 0 aliphatic rings. The molecule has 22 heavy (non-hydrogen) atoms. The summed E-state index contributed by atoms with van der Waals surface area (Å²) in [7, 11) is 1.67. The molecule has 6 nitrogen and oxygen atoms in total. The minimum atomic E-state index is -0.0701. The van der Waals surface area contributed by atoms with Crippen LogP contribution in [0.2, 0.25) is 0 Å². The zero-order valence-corrected chi connectivity index (χ0v) is 13.9. The summed E-state index contributed by atoms with van der Waals surface area (Å²) in [5, 5.41) is 8.64. The first-order valence-electron chi connectivity index (χ1n) is 7.05. The Kier molecular flexibility index (Phi) is 3.74. The SMILES string of the molecule is COc1ccc2nc(CNc3ncn(C(C)(C)C)n3)sc2c1. The zero-order valence-electron chi connectivity index (χ0n) is 13.1. The van der Waals surface area contributed by atoms with E-state index in [1.807, 2.05) is 22.9 Å². The summed E-state index contributed by atoms with van der Waals surface area (Å²) < 4.78 is 8.20. The lowest BCUT2D eigenvalue weighted by Crippen LogP contribution is -2.22. The number of anilines is 1. The smallest absolute Gasteiger partial charge is 0.242 e. The van der Waals surface area contributed by atoms with E-state index in [4.69, 9.17) is 4.74 Å².